The summed E-state index contributed by atoms with van der Waals surface area (Å²) in [6.45, 7) is 6.12. The number of methoxy groups -OCH3 is 1. The normalized spacial score (nSPS) is 37.2. The zero-order valence-corrected chi connectivity index (χ0v) is 14.5. The van der Waals surface area contributed by atoms with E-state index in [2.05, 4.69) is 11.5 Å². The fraction of sp³-hybridized carbons (Fsp3) is 0.429. The van der Waals surface area contributed by atoms with Crippen molar-refractivity contribution in [2.24, 2.45) is 21.7 Å². The van der Waals surface area contributed by atoms with Crippen molar-refractivity contribution in [1.82, 2.24) is 4.90 Å². The number of nitrogens with zero attached hydrogens (tertiary/aromatic N) is 2. The van der Waals surface area contributed by atoms with Gasteiger partial charge in [0.2, 0.25) is 0 Å². The van der Waals surface area contributed by atoms with Crippen molar-refractivity contribution < 1.29 is 9.53 Å². The van der Waals surface area contributed by atoms with E-state index in [-0.39, 0.29) is 11.9 Å². The largest absolute Gasteiger partial charge is 0.468 e. The molecule has 0 amide bonds. The van der Waals surface area contributed by atoms with Gasteiger partial charge in [-0.25, -0.2) is 0 Å². The van der Waals surface area contributed by atoms with Gasteiger partial charge in [0.25, 0.3) is 0 Å². The van der Waals surface area contributed by atoms with Gasteiger partial charge in [0, 0.05) is 30.9 Å². The van der Waals surface area contributed by atoms with Gasteiger partial charge >= 0.3 is 5.97 Å². The molecule has 1 saturated heterocycles. The first-order chi connectivity index (χ1) is 12.2. The molecule has 25 heavy (non-hydrogen) atoms. The summed E-state index contributed by atoms with van der Waals surface area (Å²) in [5.41, 5.74) is 3.56. The molecule has 1 spiro atoms. The highest BCUT2D eigenvalue weighted by Crippen LogP contribution is 2.70. The lowest BCUT2D eigenvalue weighted by Gasteiger charge is -2.49. The van der Waals surface area contributed by atoms with Crippen molar-refractivity contribution in [2.45, 2.75) is 19.3 Å². The van der Waals surface area contributed by atoms with Crippen LogP contribution in [-0.4, -0.2) is 36.8 Å². The van der Waals surface area contributed by atoms with E-state index in [1.807, 2.05) is 36.6 Å². The van der Waals surface area contributed by atoms with E-state index >= 15 is 0 Å². The zero-order valence-electron chi connectivity index (χ0n) is 14.5. The van der Waals surface area contributed by atoms with Crippen LogP contribution in [0.4, 0.5) is 0 Å². The number of carbonyl (C=O) groups excluding carboxylic acids is 1. The molecule has 0 radical (unpaired) electrons. The standard InChI is InChI=1S/C21H22N2O2/c1-3-15-13-23-10-6-7-14-11-16-12-22-17-8-4-5-9-20(17,19(24)25-2)21(15,16)18(14)23/h3-5,8-9,12,15H,1,6-7,10-11,13H2,2H3/t15-,20-,21?/m1/s1. The van der Waals surface area contributed by atoms with Crippen molar-refractivity contribution in [2.75, 3.05) is 20.2 Å². The predicted molar refractivity (Wildman–Crippen MR) is 96.8 cm³/mol. The molecule has 3 aliphatic heterocycles. The highest BCUT2D eigenvalue weighted by molar-refractivity contribution is 6.17. The molecule has 5 aliphatic rings. The number of fused-ring (bicyclic) bond motifs is 1. The van der Waals surface area contributed by atoms with Gasteiger partial charge in [0.05, 0.1) is 18.2 Å². The molecular formula is C21H22N2O2. The summed E-state index contributed by atoms with van der Waals surface area (Å²) in [6, 6.07) is 0. The van der Waals surface area contributed by atoms with E-state index in [4.69, 9.17) is 9.73 Å². The Kier molecular flexibility index (Phi) is 2.89. The average Bonchev–Trinajstić information content (AvgIpc) is 3.18. The quantitative estimate of drug-likeness (QED) is 0.575. The second-order valence-electron chi connectivity index (χ2n) is 7.52. The highest BCUT2D eigenvalue weighted by atomic mass is 16.5. The van der Waals surface area contributed by atoms with Gasteiger partial charge in [0.15, 0.2) is 0 Å². The van der Waals surface area contributed by atoms with Gasteiger partial charge in [-0.15, -0.1) is 6.58 Å². The first-order valence-electron chi connectivity index (χ1n) is 9.02. The number of ether oxygens (including phenoxy) is 1. The van der Waals surface area contributed by atoms with Gasteiger partial charge < -0.3 is 9.64 Å². The number of rotatable bonds is 2. The molecule has 4 nitrogen and oxygen atoms in total. The minimum Gasteiger partial charge on any atom is -0.468 e. The molecule has 0 aromatic heterocycles. The molecule has 3 heterocycles. The van der Waals surface area contributed by atoms with E-state index in [9.17, 15) is 4.79 Å². The SMILES string of the molecule is C=C[C@@H]1CN2CCCC3=C2C12C(=CN=C1C=CC=C[C@]12C(=O)OC)C3. The topological polar surface area (TPSA) is 41.9 Å². The molecule has 0 aromatic rings. The number of esters is 1. The molecular weight excluding hydrogens is 312 g/mol. The molecule has 5 rings (SSSR count). The maximum atomic E-state index is 13.3. The van der Waals surface area contributed by atoms with Crippen LogP contribution < -0.4 is 0 Å². The summed E-state index contributed by atoms with van der Waals surface area (Å²) >= 11 is 0. The van der Waals surface area contributed by atoms with E-state index in [1.54, 1.807) is 0 Å². The number of carbonyl (C=O) groups is 1. The van der Waals surface area contributed by atoms with Crippen LogP contribution >= 0.6 is 0 Å². The second-order valence-corrected chi connectivity index (χ2v) is 7.52. The van der Waals surface area contributed by atoms with Crippen molar-refractivity contribution in [1.29, 1.82) is 0 Å². The third-order valence-corrected chi connectivity index (χ3v) is 6.70. The number of hydrogen-bond acceptors (Lipinski definition) is 4. The molecule has 0 bridgehead atoms. The lowest BCUT2D eigenvalue weighted by molar-refractivity contribution is -0.150. The molecule has 2 aliphatic carbocycles. The Labute approximate surface area is 147 Å². The molecule has 1 unspecified atom stereocenters. The maximum absolute atomic E-state index is 13.3. The Morgan fingerprint density at radius 3 is 3.16 bits per heavy atom. The van der Waals surface area contributed by atoms with Crippen molar-refractivity contribution in [3.8, 4) is 0 Å². The molecule has 0 saturated carbocycles. The van der Waals surface area contributed by atoms with Gasteiger partial charge in [0.1, 0.15) is 5.41 Å². The summed E-state index contributed by atoms with van der Waals surface area (Å²) in [5.74, 6) is -0.0458. The minimum atomic E-state index is -0.886. The van der Waals surface area contributed by atoms with Gasteiger partial charge in [-0.2, -0.15) is 0 Å². The third kappa shape index (κ3) is 1.46. The van der Waals surface area contributed by atoms with Crippen LogP contribution in [0.1, 0.15) is 19.3 Å². The third-order valence-electron chi connectivity index (χ3n) is 6.70. The van der Waals surface area contributed by atoms with Crippen LogP contribution in [-0.2, 0) is 9.53 Å². The van der Waals surface area contributed by atoms with Crippen molar-refractivity contribution in [3.63, 3.8) is 0 Å². The molecule has 3 atom stereocenters. The summed E-state index contributed by atoms with van der Waals surface area (Å²) in [7, 11) is 1.48. The van der Waals surface area contributed by atoms with Crippen LogP contribution in [0, 0.1) is 16.7 Å². The minimum absolute atomic E-state index is 0.171. The monoisotopic (exact) mass is 334 g/mol. The Bertz CT molecular complexity index is 844. The van der Waals surface area contributed by atoms with Crippen LogP contribution in [0.25, 0.3) is 0 Å². The van der Waals surface area contributed by atoms with Crippen LogP contribution in [0.5, 0.6) is 0 Å². The van der Waals surface area contributed by atoms with E-state index in [1.165, 1.54) is 30.4 Å². The second kappa shape index (κ2) is 4.84. The van der Waals surface area contributed by atoms with Gasteiger partial charge in [-0.1, -0.05) is 24.3 Å². The van der Waals surface area contributed by atoms with Crippen LogP contribution in [0.15, 0.2) is 65.0 Å². The maximum Gasteiger partial charge on any atom is 0.323 e. The van der Waals surface area contributed by atoms with Gasteiger partial charge in [-0.3, -0.25) is 9.79 Å². The lowest BCUT2D eigenvalue weighted by Crippen LogP contribution is -2.56. The molecule has 128 valence electrons. The number of aliphatic imine (C=N–C) groups is 1. The summed E-state index contributed by atoms with van der Waals surface area (Å²) in [4.78, 5) is 20.5. The number of hydrogen-bond donors (Lipinski definition) is 0. The number of allylic oxidation sites excluding steroid dienone is 5. The first-order valence-corrected chi connectivity index (χ1v) is 9.02. The van der Waals surface area contributed by atoms with Crippen LogP contribution in [0.3, 0.4) is 0 Å². The molecule has 0 N–H and O–H groups in total. The van der Waals surface area contributed by atoms with E-state index in [0.29, 0.717) is 0 Å². The predicted octanol–water partition coefficient (Wildman–Crippen LogP) is 3.17. The summed E-state index contributed by atoms with van der Waals surface area (Å²) in [5, 5.41) is 0. The fourth-order valence-corrected chi connectivity index (χ4v) is 5.94. The molecule has 1 fully saturated rings. The summed E-state index contributed by atoms with van der Waals surface area (Å²) < 4.78 is 5.37. The Balaban J connectivity index is 1.88. The first kappa shape index (κ1) is 14.9. The Morgan fingerprint density at radius 2 is 2.36 bits per heavy atom. The zero-order chi connectivity index (χ0) is 17.2. The van der Waals surface area contributed by atoms with E-state index < -0.39 is 10.8 Å². The fourth-order valence-electron chi connectivity index (χ4n) is 5.94. The Morgan fingerprint density at radius 1 is 1.48 bits per heavy atom. The lowest BCUT2D eigenvalue weighted by atomic mass is 9.51. The average molecular weight is 334 g/mol. The Hall–Kier alpha value is -2.36. The molecule has 4 heteroatoms. The smallest absolute Gasteiger partial charge is 0.323 e. The van der Waals surface area contributed by atoms with Crippen molar-refractivity contribution >= 4 is 11.7 Å². The highest BCUT2D eigenvalue weighted by Gasteiger charge is 2.71. The molecule has 0 aromatic carbocycles. The summed E-state index contributed by atoms with van der Waals surface area (Å²) in [6.07, 6.45) is 15.2. The van der Waals surface area contributed by atoms with Crippen molar-refractivity contribution in [3.05, 3.63) is 60.0 Å². The van der Waals surface area contributed by atoms with Crippen LogP contribution in [0.2, 0.25) is 0 Å². The van der Waals surface area contributed by atoms with E-state index in [0.717, 1.165) is 31.6 Å². The van der Waals surface area contributed by atoms with Gasteiger partial charge in [-0.05, 0) is 36.5 Å².